The molecular formula is C18H13Cl3N2S. The van der Waals surface area contributed by atoms with E-state index in [1.54, 1.807) is 17.8 Å². The second kappa shape index (κ2) is 7.75. The van der Waals surface area contributed by atoms with Crippen LogP contribution in [0.25, 0.3) is 11.3 Å². The van der Waals surface area contributed by atoms with Crippen molar-refractivity contribution >= 4 is 46.6 Å². The van der Waals surface area contributed by atoms with E-state index in [2.05, 4.69) is 9.97 Å². The summed E-state index contributed by atoms with van der Waals surface area (Å²) in [5, 5.41) is 2.70. The fraction of sp³-hybridized carbons (Fsp3) is 0.111. The Bertz CT molecular complexity index is 867. The van der Waals surface area contributed by atoms with Crippen LogP contribution in [0.1, 0.15) is 11.3 Å². The zero-order valence-corrected chi connectivity index (χ0v) is 15.8. The van der Waals surface area contributed by atoms with E-state index in [9.17, 15) is 0 Å². The van der Waals surface area contributed by atoms with Crippen molar-refractivity contribution in [2.24, 2.45) is 0 Å². The van der Waals surface area contributed by atoms with Crippen LogP contribution in [0.4, 0.5) is 0 Å². The molecule has 0 aliphatic rings. The van der Waals surface area contributed by atoms with E-state index >= 15 is 0 Å². The lowest BCUT2D eigenvalue weighted by atomic mass is 10.1. The lowest BCUT2D eigenvalue weighted by molar-refractivity contribution is 0.937. The summed E-state index contributed by atoms with van der Waals surface area (Å²) in [5.74, 6) is 0.680. The smallest absolute Gasteiger partial charge is 0.188 e. The Morgan fingerprint density at radius 3 is 2.29 bits per heavy atom. The second-order valence-electron chi connectivity index (χ2n) is 5.21. The molecule has 0 spiro atoms. The molecule has 1 aromatic heterocycles. The molecule has 24 heavy (non-hydrogen) atoms. The number of aromatic nitrogens is 2. The first-order valence-corrected chi connectivity index (χ1v) is 9.31. The fourth-order valence-electron chi connectivity index (χ4n) is 2.16. The topological polar surface area (TPSA) is 25.8 Å². The SMILES string of the molecule is Cc1cc(-c2ccc(Cl)cc2)nc(SCc2ccc(Cl)cc2Cl)n1. The van der Waals surface area contributed by atoms with Crippen molar-refractivity contribution in [2.75, 3.05) is 0 Å². The van der Waals surface area contributed by atoms with Crippen LogP contribution in [0.15, 0.2) is 53.7 Å². The third kappa shape index (κ3) is 4.42. The Morgan fingerprint density at radius 1 is 0.875 bits per heavy atom. The highest BCUT2D eigenvalue weighted by molar-refractivity contribution is 7.98. The minimum Gasteiger partial charge on any atom is -0.228 e. The summed E-state index contributed by atoms with van der Waals surface area (Å²) in [7, 11) is 0. The number of aryl methyl sites for hydroxylation is 1. The number of hydrogen-bond acceptors (Lipinski definition) is 3. The molecule has 0 fully saturated rings. The minimum atomic E-state index is 0.630. The summed E-state index contributed by atoms with van der Waals surface area (Å²) in [6.07, 6.45) is 0. The number of halogens is 3. The number of rotatable bonds is 4. The molecule has 6 heteroatoms. The van der Waals surface area contributed by atoms with Crippen LogP contribution in [0, 0.1) is 6.92 Å². The number of thioether (sulfide) groups is 1. The largest absolute Gasteiger partial charge is 0.228 e. The minimum absolute atomic E-state index is 0.630. The van der Waals surface area contributed by atoms with Gasteiger partial charge < -0.3 is 0 Å². The highest BCUT2D eigenvalue weighted by atomic mass is 35.5. The van der Waals surface area contributed by atoms with Crippen LogP contribution >= 0.6 is 46.6 Å². The molecule has 0 unspecified atom stereocenters. The predicted molar refractivity (Wildman–Crippen MR) is 103 cm³/mol. The van der Waals surface area contributed by atoms with Crippen molar-refractivity contribution in [1.82, 2.24) is 9.97 Å². The van der Waals surface area contributed by atoms with Gasteiger partial charge in [0.2, 0.25) is 0 Å². The van der Waals surface area contributed by atoms with Crippen molar-refractivity contribution in [3.05, 3.63) is 74.9 Å². The number of benzene rings is 2. The van der Waals surface area contributed by atoms with E-state index in [4.69, 9.17) is 34.8 Å². The molecule has 3 aromatic rings. The summed E-state index contributed by atoms with van der Waals surface area (Å²) >= 11 is 19.6. The van der Waals surface area contributed by atoms with E-state index in [0.29, 0.717) is 26.0 Å². The molecule has 0 saturated carbocycles. The van der Waals surface area contributed by atoms with Gasteiger partial charge in [0.15, 0.2) is 5.16 Å². The van der Waals surface area contributed by atoms with E-state index in [1.165, 1.54) is 0 Å². The normalized spacial score (nSPS) is 10.8. The summed E-state index contributed by atoms with van der Waals surface area (Å²) < 4.78 is 0. The summed E-state index contributed by atoms with van der Waals surface area (Å²) in [6, 6.07) is 15.1. The molecule has 3 rings (SSSR count). The summed E-state index contributed by atoms with van der Waals surface area (Å²) in [5.41, 5.74) is 3.81. The second-order valence-corrected chi connectivity index (χ2v) is 7.43. The highest BCUT2D eigenvalue weighted by Crippen LogP contribution is 2.28. The van der Waals surface area contributed by atoms with Gasteiger partial charge in [-0.25, -0.2) is 9.97 Å². The van der Waals surface area contributed by atoms with Crippen molar-refractivity contribution in [1.29, 1.82) is 0 Å². The Labute approximate surface area is 160 Å². The van der Waals surface area contributed by atoms with Crippen LogP contribution in [0.2, 0.25) is 15.1 Å². The average molecular weight is 396 g/mol. The quantitative estimate of drug-likeness (QED) is 0.363. The third-order valence-corrected chi connectivity index (χ3v) is 5.08. The van der Waals surface area contributed by atoms with Crippen molar-refractivity contribution < 1.29 is 0 Å². The molecule has 0 saturated heterocycles. The zero-order valence-electron chi connectivity index (χ0n) is 12.8. The van der Waals surface area contributed by atoms with Gasteiger partial charge in [0, 0.05) is 32.1 Å². The zero-order chi connectivity index (χ0) is 17.1. The first-order chi connectivity index (χ1) is 11.5. The third-order valence-electron chi connectivity index (χ3n) is 3.35. The van der Waals surface area contributed by atoms with Gasteiger partial charge in [0.25, 0.3) is 0 Å². The molecule has 0 bridgehead atoms. The number of nitrogens with zero attached hydrogens (tertiary/aromatic N) is 2. The van der Waals surface area contributed by atoms with Gasteiger partial charge in [-0.05, 0) is 42.8 Å². The van der Waals surface area contributed by atoms with Crippen molar-refractivity contribution in [3.8, 4) is 11.3 Å². The molecule has 0 radical (unpaired) electrons. The lowest BCUT2D eigenvalue weighted by Gasteiger charge is -2.07. The van der Waals surface area contributed by atoms with Crippen LogP contribution in [-0.2, 0) is 5.75 Å². The maximum Gasteiger partial charge on any atom is 0.188 e. The Kier molecular flexibility index (Phi) is 5.67. The molecule has 2 aromatic carbocycles. The van der Waals surface area contributed by atoms with E-state index < -0.39 is 0 Å². The van der Waals surface area contributed by atoms with E-state index in [-0.39, 0.29) is 0 Å². The molecule has 0 atom stereocenters. The van der Waals surface area contributed by atoms with Crippen LogP contribution in [0.3, 0.4) is 0 Å². The van der Waals surface area contributed by atoms with Gasteiger partial charge in [-0.1, -0.05) is 64.8 Å². The van der Waals surface area contributed by atoms with Gasteiger partial charge in [-0.2, -0.15) is 0 Å². The molecule has 1 heterocycles. The first-order valence-electron chi connectivity index (χ1n) is 7.19. The van der Waals surface area contributed by atoms with E-state index in [1.807, 2.05) is 49.4 Å². The Hall–Kier alpha value is -1.26. The Morgan fingerprint density at radius 2 is 1.58 bits per heavy atom. The monoisotopic (exact) mass is 394 g/mol. The average Bonchev–Trinajstić information content (AvgIpc) is 2.54. The predicted octanol–water partition coefficient (Wildman–Crippen LogP) is 6.70. The van der Waals surface area contributed by atoms with Crippen LogP contribution in [-0.4, -0.2) is 9.97 Å². The van der Waals surface area contributed by atoms with Gasteiger partial charge in [0.1, 0.15) is 0 Å². The molecule has 0 N–H and O–H groups in total. The standard InChI is InChI=1S/C18H13Cl3N2S/c1-11-8-17(12-2-5-14(19)6-3-12)23-18(22-11)24-10-13-4-7-15(20)9-16(13)21/h2-9H,10H2,1H3. The number of hydrogen-bond donors (Lipinski definition) is 0. The molecule has 0 aliphatic carbocycles. The molecule has 0 aliphatic heterocycles. The fourth-order valence-corrected chi connectivity index (χ4v) is 3.74. The molecular weight excluding hydrogens is 383 g/mol. The van der Waals surface area contributed by atoms with Gasteiger partial charge >= 0.3 is 0 Å². The summed E-state index contributed by atoms with van der Waals surface area (Å²) in [6.45, 7) is 1.96. The van der Waals surface area contributed by atoms with Gasteiger partial charge in [0.05, 0.1) is 5.69 Å². The lowest BCUT2D eigenvalue weighted by Crippen LogP contribution is -1.94. The van der Waals surface area contributed by atoms with Crippen LogP contribution < -0.4 is 0 Å². The first kappa shape index (κ1) is 17.6. The van der Waals surface area contributed by atoms with Crippen LogP contribution in [0.5, 0.6) is 0 Å². The van der Waals surface area contributed by atoms with Gasteiger partial charge in [-0.3, -0.25) is 0 Å². The van der Waals surface area contributed by atoms with Crippen molar-refractivity contribution in [2.45, 2.75) is 17.8 Å². The molecule has 0 amide bonds. The molecule has 2 nitrogen and oxygen atoms in total. The Balaban J connectivity index is 1.82. The van der Waals surface area contributed by atoms with Gasteiger partial charge in [-0.15, -0.1) is 0 Å². The summed E-state index contributed by atoms with van der Waals surface area (Å²) in [4.78, 5) is 9.13. The van der Waals surface area contributed by atoms with Crippen molar-refractivity contribution in [3.63, 3.8) is 0 Å². The molecule has 122 valence electrons. The maximum absolute atomic E-state index is 6.22. The highest BCUT2D eigenvalue weighted by Gasteiger charge is 2.08. The van der Waals surface area contributed by atoms with E-state index in [0.717, 1.165) is 22.5 Å². The maximum atomic E-state index is 6.22.